The lowest BCUT2D eigenvalue weighted by atomic mass is 10.1. The maximum atomic E-state index is 12.8. The number of aromatic nitrogens is 3. The Hall–Kier alpha value is -2.96. The molecule has 0 aliphatic heterocycles. The van der Waals surface area contributed by atoms with E-state index in [1.807, 2.05) is 38.1 Å². The summed E-state index contributed by atoms with van der Waals surface area (Å²) >= 11 is 0. The first kappa shape index (κ1) is 18.4. The Morgan fingerprint density at radius 3 is 2.75 bits per heavy atom. The summed E-state index contributed by atoms with van der Waals surface area (Å²) in [5.41, 5.74) is 1.00. The molecule has 0 spiro atoms. The zero-order chi connectivity index (χ0) is 19.7. The van der Waals surface area contributed by atoms with Gasteiger partial charge in [-0.15, -0.1) is 0 Å². The third kappa shape index (κ3) is 3.56. The molecule has 1 aliphatic rings. The molecular weight excluding hydrogens is 356 g/mol. The number of hydrogen-bond acceptors (Lipinski definition) is 5. The summed E-state index contributed by atoms with van der Waals surface area (Å²) in [5, 5.41) is 7.84. The van der Waals surface area contributed by atoms with E-state index in [-0.39, 0.29) is 30.0 Å². The third-order valence-corrected chi connectivity index (χ3v) is 5.23. The molecule has 1 fully saturated rings. The van der Waals surface area contributed by atoms with Crippen molar-refractivity contribution in [2.24, 2.45) is 0 Å². The standard InChI is InChI=1S/C21H24N4O3/c1-13(2)20-23-21(28-24-20)16-11-19(27)25(17-10-6-5-9-15(16)17)12-18(26)22-14-7-3-4-8-14/h5-6,9-11,13-14H,3-4,7-8,12H2,1-2H3,(H,22,26). The lowest BCUT2D eigenvalue weighted by molar-refractivity contribution is -0.122. The molecule has 0 bridgehead atoms. The molecule has 7 nitrogen and oxygen atoms in total. The van der Waals surface area contributed by atoms with Gasteiger partial charge in [0.2, 0.25) is 5.91 Å². The number of pyridine rings is 1. The predicted octanol–water partition coefficient (Wildman–Crippen LogP) is 3.23. The van der Waals surface area contributed by atoms with Gasteiger partial charge in [0, 0.05) is 23.4 Å². The van der Waals surface area contributed by atoms with E-state index in [1.54, 1.807) is 0 Å². The van der Waals surface area contributed by atoms with Crippen molar-refractivity contribution in [3.05, 3.63) is 46.5 Å². The maximum Gasteiger partial charge on any atom is 0.258 e. The number of carbonyl (C=O) groups is 1. The smallest absolute Gasteiger partial charge is 0.258 e. The van der Waals surface area contributed by atoms with Crippen LogP contribution in [0.4, 0.5) is 0 Å². The summed E-state index contributed by atoms with van der Waals surface area (Å²) in [6.07, 6.45) is 4.31. The Balaban J connectivity index is 1.71. The van der Waals surface area contributed by atoms with E-state index in [0.717, 1.165) is 31.1 Å². The Morgan fingerprint density at radius 2 is 2.04 bits per heavy atom. The SMILES string of the molecule is CC(C)c1noc(-c2cc(=O)n(CC(=O)NC3CCCC3)c3ccccc23)n1. The number of rotatable bonds is 5. The van der Waals surface area contributed by atoms with Gasteiger partial charge in [-0.1, -0.05) is 50.0 Å². The van der Waals surface area contributed by atoms with E-state index in [1.165, 1.54) is 10.6 Å². The normalized spacial score (nSPS) is 14.8. The molecule has 4 rings (SSSR count). The van der Waals surface area contributed by atoms with Crippen LogP contribution in [0.3, 0.4) is 0 Å². The Morgan fingerprint density at radius 1 is 1.29 bits per heavy atom. The van der Waals surface area contributed by atoms with E-state index >= 15 is 0 Å². The summed E-state index contributed by atoms with van der Waals surface area (Å²) in [6.45, 7) is 3.96. The van der Waals surface area contributed by atoms with Gasteiger partial charge in [-0.2, -0.15) is 4.98 Å². The molecule has 7 heteroatoms. The van der Waals surface area contributed by atoms with Crippen LogP contribution < -0.4 is 10.9 Å². The highest BCUT2D eigenvalue weighted by Crippen LogP contribution is 2.27. The molecule has 1 N–H and O–H groups in total. The van der Waals surface area contributed by atoms with Gasteiger partial charge in [0.15, 0.2) is 5.82 Å². The van der Waals surface area contributed by atoms with Gasteiger partial charge in [0.1, 0.15) is 6.54 Å². The van der Waals surface area contributed by atoms with Crippen LogP contribution in [-0.2, 0) is 11.3 Å². The minimum absolute atomic E-state index is 0.00277. The van der Waals surface area contributed by atoms with Crippen molar-refractivity contribution in [3.8, 4) is 11.5 Å². The predicted molar refractivity (Wildman–Crippen MR) is 106 cm³/mol. The molecular formula is C21H24N4O3. The van der Waals surface area contributed by atoms with Crippen molar-refractivity contribution in [1.29, 1.82) is 0 Å². The highest BCUT2D eigenvalue weighted by Gasteiger charge is 2.20. The largest absolute Gasteiger partial charge is 0.352 e. The number of nitrogens with zero attached hydrogens (tertiary/aromatic N) is 3. The fraction of sp³-hybridized carbons (Fsp3) is 0.429. The zero-order valence-corrected chi connectivity index (χ0v) is 16.1. The van der Waals surface area contributed by atoms with Crippen molar-refractivity contribution in [2.45, 2.75) is 58.0 Å². The van der Waals surface area contributed by atoms with Crippen molar-refractivity contribution < 1.29 is 9.32 Å². The zero-order valence-electron chi connectivity index (χ0n) is 16.1. The molecule has 2 heterocycles. The molecule has 3 aromatic rings. The van der Waals surface area contributed by atoms with Crippen molar-refractivity contribution >= 4 is 16.8 Å². The summed E-state index contributed by atoms with van der Waals surface area (Å²) in [5.74, 6) is 0.911. The minimum atomic E-state index is -0.264. The number of para-hydroxylation sites is 1. The van der Waals surface area contributed by atoms with Crippen LogP contribution in [0, 0.1) is 0 Å². The highest BCUT2D eigenvalue weighted by molar-refractivity contribution is 5.93. The maximum absolute atomic E-state index is 12.8. The molecule has 28 heavy (non-hydrogen) atoms. The Labute approximate surface area is 162 Å². The molecule has 0 saturated heterocycles. The van der Waals surface area contributed by atoms with Gasteiger partial charge >= 0.3 is 0 Å². The van der Waals surface area contributed by atoms with Crippen molar-refractivity contribution in [3.63, 3.8) is 0 Å². The molecule has 1 aromatic carbocycles. The molecule has 1 saturated carbocycles. The second-order valence-corrected chi connectivity index (χ2v) is 7.66. The molecule has 0 atom stereocenters. The molecule has 146 valence electrons. The van der Waals surface area contributed by atoms with Gasteiger partial charge in [0.25, 0.3) is 11.4 Å². The lowest BCUT2D eigenvalue weighted by Crippen LogP contribution is -2.37. The van der Waals surface area contributed by atoms with Gasteiger partial charge in [-0.3, -0.25) is 14.2 Å². The highest BCUT2D eigenvalue weighted by atomic mass is 16.5. The van der Waals surface area contributed by atoms with Crippen LogP contribution >= 0.6 is 0 Å². The Kier molecular flexibility index (Phi) is 4.98. The van der Waals surface area contributed by atoms with Crippen LogP contribution in [0.1, 0.15) is 51.3 Å². The number of nitrogens with one attached hydrogen (secondary N) is 1. The van der Waals surface area contributed by atoms with E-state index in [2.05, 4.69) is 15.5 Å². The Bertz CT molecular complexity index is 1060. The van der Waals surface area contributed by atoms with E-state index < -0.39 is 0 Å². The lowest BCUT2D eigenvalue weighted by Gasteiger charge is -2.15. The topological polar surface area (TPSA) is 90.0 Å². The first-order valence-electron chi connectivity index (χ1n) is 9.79. The van der Waals surface area contributed by atoms with Gasteiger partial charge in [-0.25, -0.2) is 0 Å². The monoisotopic (exact) mass is 380 g/mol. The summed E-state index contributed by atoms with van der Waals surface area (Å²) < 4.78 is 6.90. The van der Waals surface area contributed by atoms with E-state index in [0.29, 0.717) is 22.8 Å². The number of amides is 1. The quantitative estimate of drug-likeness (QED) is 0.734. The average molecular weight is 380 g/mol. The van der Waals surface area contributed by atoms with Crippen LogP contribution in [0.15, 0.2) is 39.6 Å². The van der Waals surface area contributed by atoms with Gasteiger partial charge < -0.3 is 9.84 Å². The molecule has 1 amide bonds. The fourth-order valence-electron chi connectivity index (χ4n) is 3.74. The minimum Gasteiger partial charge on any atom is -0.352 e. The number of fused-ring (bicyclic) bond motifs is 1. The van der Waals surface area contributed by atoms with Gasteiger partial charge in [0.05, 0.1) is 11.1 Å². The van der Waals surface area contributed by atoms with Crippen LogP contribution in [0.5, 0.6) is 0 Å². The first-order valence-corrected chi connectivity index (χ1v) is 9.79. The third-order valence-electron chi connectivity index (χ3n) is 5.23. The van der Waals surface area contributed by atoms with E-state index in [9.17, 15) is 9.59 Å². The molecule has 0 unspecified atom stereocenters. The van der Waals surface area contributed by atoms with Crippen molar-refractivity contribution in [1.82, 2.24) is 20.0 Å². The van der Waals surface area contributed by atoms with Crippen LogP contribution in [0.25, 0.3) is 22.4 Å². The summed E-state index contributed by atoms with van der Waals surface area (Å²) in [4.78, 5) is 29.7. The van der Waals surface area contributed by atoms with E-state index in [4.69, 9.17) is 4.52 Å². The van der Waals surface area contributed by atoms with Crippen molar-refractivity contribution in [2.75, 3.05) is 0 Å². The number of benzene rings is 1. The second kappa shape index (κ2) is 7.58. The molecule has 2 aromatic heterocycles. The molecule has 1 aliphatic carbocycles. The van der Waals surface area contributed by atoms with Crippen LogP contribution in [-0.4, -0.2) is 26.7 Å². The first-order chi connectivity index (χ1) is 13.5. The molecule has 0 radical (unpaired) electrons. The number of carbonyl (C=O) groups excluding carboxylic acids is 1. The average Bonchev–Trinajstić information content (AvgIpc) is 3.36. The second-order valence-electron chi connectivity index (χ2n) is 7.66. The van der Waals surface area contributed by atoms with Gasteiger partial charge in [-0.05, 0) is 18.9 Å². The van der Waals surface area contributed by atoms with Crippen LogP contribution in [0.2, 0.25) is 0 Å². The number of hydrogen-bond donors (Lipinski definition) is 1. The fourth-order valence-corrected chi connectivity index (χ4v) is 3.74. The summed E-state index contributed by atoms with van der Waals surface area (Å²) in [7, 11) is 0. The summed E-state index contributed by atoms with van der Waals surface area (Å²) in [6, 6.07) is 9.17.